The Kier molecular flexibility index (Phi) is 8.38. The van der Waals surface area contributed by atoms with Crippen LogP contribution in [0.1, 0.15) is 49.9 Å². The Morgan fingerprint density at radius 1 is 0.290 bits per heavy atom. The summed E-state index contributed by atoms with van der Waals surface area (Å²) < 4.78 is 4.83. The number of aromatic nitrogens is 2. The normalized spacial score (nSPS) is 14.0. The van der Waals surface area contributed by atoms with E-state index in [0.717, 1.165) is 17.1 Å². The van der Waals surface area contributed by atoms with Crippen LogP contribution in [0.15, 0.2) is 224 Å². The molecule has 0 saturated carbocycles. The Balaban J connectivity index is 0.837. The average Bonchev–Trinajstić information content (AvgIpc) is 4.05. The SMILES string of the molecule is CC1(C)c2cc(-c3ccc4c(c3)c3ccccc3n4-c3ccccc3)ccc2-c2ccc(N(c3ccccc3)c3ccc4c(c3)C(C)(C)c3cc(-n5c6ccccc6c6ccccc65)ccc3-4)cc21. The number of rotatable bonds is 6. The molecule has 3 heteroatoms. The first kappa shape index (κ1) is 39.7. The molecule has 0 aliphatic heterocycles. The van der Waals surface area contributed by atoms with E-state index in [-0.39, 0.29) is 10.8 Å². The van der Waals surface area contributed by atoms with E-state index in [1.165, 1.54) is 111 Å². The van der Waals surface area contributed by atoms with E-state index in [2.05, 4.69) is 266 Å². The van der Waals surface area contributed by atoms with Gasteiger partial charge in [0.15, 0.2) is 0 Å². The highest BCUT2D eigenvalue weighted by molar-refractivity contribution is 6.11. The maximum Gasteiger partial charge on any atom is 0.0541 e. The number of anilines is 3. The van der Waals surface area contributed by atoms with Crippen LogP contribution in [0.5, 0.6) is 0 Å². The molecule has 328 valence electrons. The Morgan fingerprint density at radius 3 is 1.28 bits per heavy atom. The molecule has 2 heterocycles. The van der Waals surface area contributed by atoms with Crippen molar-refractivity contribution in [2.75, 3.05) is 4.90 Å². The van der Waals surface area contributed by atoms with Crippen molar-refractivity contribution in [3.05, 3.63) is 247 Å². The first-order valence-corrected chi connectivity index (χ1v) is 24.3. The van der Waals surface area contributed by atoms with E-state index in [1.807, 2.05) is 0 Å². The summed E-state index contributed by atoms with van der Waals surface area (Å²) >= 11 is 0. The smallest absolute Gasteiger partial charge is 0.0541 e. The fourth-order valence-electron chi connectivity index (χ4n) is 12.3. The number of benzene rings is 10. The van der Waals surface area contributed by atoms with Gasteiger partial charge >= 0.3 is 0 Å². The van der Waals surface area contributed by atoms with Crippen molar-refractivity contribution in [1.82, 2.24) is 9.13 Å². The van der Waals surface area contributed by atoms with Crippen molar-refractivity contribution in [3.8, 4) is 44.8 Å². The van der Waals surface area contributed by atoms with E-state index >= 15 is 0 Å². The third kappa shape index (κ3) is 5.74. The van der Waals surface area contributed by atoms with Crippen LogP contribution in [-0.2, 0) is 10.8 Å². The quantitative estimate of drug-likeness (QED) is 0.162. The number of nitrogens with zero attached hydrogens (tertiary/aromatic N) is 3. The predicted molar refractivity (Wildman–Crippen MR) is 290 cm³/mol. The molecule has 2 aliphatic carbocycles. The van der Waals surface area contributed by atoms with E-state index in [9.17, 15) is 0 Å². The lowest BCUT2D eigenvalue weighted by Crippen LogP contribution is -2.18. The molecule has 3 nitrogen and oxygen atoms in total. The van der Waals surface area contributed by atoms with Gasteiger partial charge in [0.05, 0.1) is 22.1 Å². The topological polar surface area (TPSA) is 13.1 Å². The lowest BCUT2D eigenvalue weighted by atomic mass is 9.81. The molecule has 0 fully saturated rings. The standard InChI is InChI=1S/C66H49N3/c1-65(2)57-38-43(42-28-36-64-56(37-42)55-23-13-16-26-63(55)68(64)45-19-9-6-10-20-45)27-32-49(57)50-33-29-46(39-58(50)65)67(44-17-7-5-8-18-44)47-30-34-51-52-35-31-48(41-60(52)66(3,4)59(51)40-47)69-61-24-14-11-21-53(61)54-22-12-15-25-62(54)69/h5-41H,1-4H3. The van der Waals surface area contributed by atoms with Gasteiger partial charge in [0.2, 0.25) is 0 Å². The van der Waals surface area contributed by atoms with Gasteiger partial charge < -0.3 is 14.0 Å². The monoisotopic (exact) mass is 883 g/mol. The van der Waals surface area contributed by atoms with Crippen molar-refractivity contribution >= 4 is 60.7 Å². The molecule has 0 N–H and O–H groups in total. The first-order valence-electron chi connectivity index (χ1n) is 24.3. The second kappa shape index (κ2) is 14.6. The molecule has 10 aromatic carbocycles. The van der Waals surface area contributed by atoms with Crippen LogP contribution in [-0.4, -0.2) is 9.13 Å². The van der Waals surface area contributed by atoms with Crippen LogP contribution in [0.25, 0.3) is 88.4 Å². The fraction of sp³-hybridized carbons (Fsp3) is 0.0909. The van der Waals surface area contributed by atoms with E-state index in [1.54, 1.807) is 0 Å². The van der Waals surface area contributed by atoms with Crippen molar-refractivity contribution in [2.45, 2.75) is 38.5 Å². The minimum atomic E-state index is -0.222. The zero-order chi connectivity index (χ0) is 46.2. The van der Waals surface area contributed by atoms with Crippen molar-refractivity contribution in [1.29, 1.82) is 0 Å². The molecule has 0 spiro atoms. The van der Waals surface area contributed by atoms with Crippen LogP contribution < -0.4 is 4.90 Å². The Bertz CT molecular complexity index is 4020. The lowest BCUT2D eigenvalue weighted by molar-refractivity contribution is 0.659. The highest BCUT2D eigenvalue weighted by Crippen LogP contribution is 2.54. The van der Waals surface area contributed by atoms with E-state index < -0.39 is 0 Å². The molecule has 2 aliphatic rings. The van der Waals surface area contributed by atoms with Gasteiger partial charge in [-0.25, -0.2) is 0 Å². The molecular formula is C66H49N3. The summed E-state index contributed by atoms with van der Waals surface area (Å²) in [4.78, 5) is 2.45. The van der Waals surface area contributed by atoms with Crippen molar-refractivity contribution in [3.63, 3.8) is 0 Å². The van der Waals surface area contributed by atoms with Crippen LogP contribution in [0, 0.1) is 0 Å². The van der Waals surface area contributed by atoms with Gasteiger partial charge in [-0.1, -0.05) is 155 Å². The number of hydrogen-bond acceptors (Lipinski definition) is 1. The second-order valence-corrected chi connectivity index (χ2v) is 20.2. The first-order chi connectivity index (χ1) is 33.7. The van der Waals surface area contributed by atoms with Crippen molar-refractivity contribution in [2.24, 2.45) is 0 Å². The Morgan fingerprint density at radius 2 is 0.696 bits per heavy atom. The summed E-state index contributed by atoms with van der Waals surface area (Å²) in [7, 11) is 0. The largest absolute Gasteiger partial charge is 0.310 e. The van der Waals surface area contributed by atoms with Gasteiger partial charge in [0.1, 0.15) is 0 Å². The predicted octanol–water partition coefficient (Wildman–Crippen LogP) is 17.6. The summed E-state index contributed by atoms with van der Waals surface area (Å²) in [5, 5.41) is 5.10. The third-order valence-electron chi connectivity index (χ3n) is 15.7. The summed E-state index contributed by atoms with van der Waals surface area (Å²) in [5.74, 6) is 0. The maximum atomic E-state index is 2.46. The van der Waals surface area contributed by atoms with Crippen molar-refractivity contribution < 1.29 is 0 Å². The molecule has 12 aromatic rings. The van der Waals surface area contributed by atoms with Gasteiger partial charge in [-0.2, -0.15) is 0 Å². The summed E-state index contributed by atoms with van der Waals surface area (Å²) in [5.41, 5.74) is 23.4. The van der Waals surface area contributed by atoms with Gasteiger partial charge in [0, 0.05) is 60.8 Å². The Hall–Kier alpha value is -8.40. The summed E-state index contributed by atoms with van der Waals surface area (Å²) in [6.45, 7) is 9.60. The maximum absolute atomic E-state index is 2.46. The van der Waals surface area contributed by atoms with E-state index in [4.69, 9.17) is 0 Å². The fourth-order valence-corrected chi connectivity index (χ4v) is 12.3. The molecule has 0 saturated heterocycles. The Labute approximate surface area is 402 Å². The molecule has 0 bridgehead atoms. The summed E-state index contributed by atoms with van der Waals surface area (Å²) in [6, 6.07) is 83.4. The molecule has 69 heavy (non-hydrogen) atoms. The molecule has 0 atom stereocenters. The lowest BCUT2D eigenvalue weighted by Gasteiger charge is -2.29. The number of hydrogen-bond donors (Lipinski definition) is 0. The number of fused-ring (bicyclic) bond motifs is 12. The van der Waals surface area contributed by atoms with Gasteiger partial charge in [-0.15, -0.1) is 0 Å². The minimum Gasteiger partial charge on any atom is -0.310 e. The van der Waals surface area contributed by atoms with Gasteiger partial charge in [0.25, 0.3) is 0 Å². The van der Waals surface area contributed by atoms with Gasteiger partial charge in [-0.05, 0) is 153 Å². The average molecular weight is 884 g/mol. The molecule has 14 rings (SSSR count). The second-order valence-electron chi connectivity index (χ2n) is 20.2. The molecular weight excluding hydrogens is 835 g/mol. The molecule has 2 aromatic heterocycles. The van der Waals surface area contributed by atoms with Crippen LogP contribution in [0.3, 0.4) is 0 Å². The van der Waals surface area contributed by atoms with Crippen LogP contribution in [0.2, 0.25) is 0 Å². The molecule has 0 amide bonds. The highest BCUT2D eigenvalue weighted by atomic mass is 15.1. The third-order valence-corrected chi connectivity index (χ3v) is 15.7. The zero-order valence-electron chi connectivity index (χ0n) is 39.2. The molecule has 0 radical (unpaired) electrons. The van der Waals surface area contributed by atoms with Crippen LogP contribution >= 0.6 is 0 Å². The highest BCUT2D eigenvalue weighted by Gasteiger charge is 2.38. The number of para-hydroxylation sites is 5. The summed E-state index contributed by atoms with van der Waals surface area (Å²) in [6.07, 6.45) is 0. The molecule has 0 unspecified atom stereocenters. The van der Waals surface area contributed by atoms with Gasteiger partial charge in [-0.3, -0.25) is 0 Å². The minimum absolute atomic E-state index is 0.220. The van der Waals surface area contributed by atoms with E-state index in [0.29, 0.717) is 0 Å². The van der Waals surface area contributed by atoms with Crippen LogP contribution in [0.4, 0.5) is 17.1 Å². The zero-order valence-corrected chi connectivity index (χ0v) is 39.2.